The molecule has 0 radical (unpaired) electrons. The van der Waals surface area contributed by atoms with Gasteiger partial charge in [0.25, 0.3) is 0 Å². The first-order valence-corrected chi connectivity index (χ1v) is 9.05. The fourth-order valence-corrected chi connectivity index (χ4v) is 4.63. The van der Waals surface area contributed by atoms with Crippen LogP contribution in [0.2, 0.25) is 0 Å². The van der Waals surface area contributed by atoms with Gasteiger partial charge < -0.3 is 4.74 Å². The van der Waals surface area contributed by atoms with Gasteiger partial charge >= 0.3 is 0 Å². The summed E-state index contributed by atoms with van der Waals surface area (Å²) >= 11 is 0. The molecule has 2 nitrogen and oxygen atoms in total. The molecule has 1 aliphatic heterocycles. The number of hydrogen-bond acceptors (Lipinski definition) is 1. The Kier molecular flexibility index (Phi) is 3.39. The molecule has 1 heterocycles. The van der Waals surface area contributed by atoms with Crippen molar-refractivity contribution in [3.8, 4) is 16.9 Å². The Morgan fingerprint density at radius 2 is 1.68 bits per heavy atom. The quantitative estimate of drug-likeness (QED) is 0.757. The van der Waals surface area contributed by atoms with Gasteiger partial charge in [-0.05, 0) is 28.8 Å². The lowest BCUT2D eigenvalue weighted by atomic mass is 9.82. The molecule has 1 N–H and O–H groups in total. The van der Waals surface area contributed by atoms with E-state index in [2.05, 4.69) is 66.7 Å². The third kappa shape index (κ3) is 2.29. The number of fused-ring (bicyclic) bond motifs is 4. The monoisotopic (exact) mass is 328 g/mol. The Bertz CT molecular complexity index is 946. The van der Waals surface area contributed by atoms with E-state index in [1.165, 1.54) is 33.5 Å². The van der Waals surface area contributed by atoms with Crippen molar-refractivity contribution in [2.45, 2.75) is 18.9 Å². The second kappa shape index (κ2) is 5.75. The van der Waals surface area contributed by atoms with Gasteiger partial charge in [-0.15, -0.1) is 0 Å². The third-order valence-corrected chi connectivity index (χ3v) is 5.81. The lowest BCUT2D eigenvalue weighted by Gasteiger charge is -2.32. The van der Waals surface area contributed by atoms with Gasteiger partial charge in [-0.3, -0.25) is 4.90 Å². The normalized spacial score (nSPS) is 20.5. The van der Waals surface area contributed by atoms with Gasteiger partial charge in [-0.25, -0.2) is 0 Å². The molecule has 3 aromatic rings. The summed E-state index contributed by atoms with van der Waals surface area (Å²) in [5.41, 5.74) is 8.65. The van der Waals surface area contributed by atoms with E-state index >= 15 is 0 Å². The van der Waals surface area contributed by atoms with Crippen molar-refractivity contribution in [2.24, 2.45) is 0 Å². The van der Waals surface area contributed by atoms with Gasteiger partial charge in [0.1, 0.15) is 17.5 Å². The van der Waals surface area contributed by atoms with Crippen molar-refractivity contribution >= 4 is 5.69 Å². The summed E-state index contributed by atoms with van der Waals surface area (Å²) in [5, 5.41) is 0. The number of rotatable bonds is 2. The fourth-order valence-electron chi connectivity index (χ4n) is 4.63. The molecule has 0 saturated carbocycles. The van der Waals surface area contributed by atoms with E-state index in [-0.39, 0.29) is 0 Å². The predicted molar refractivity (Wildman–Crippen MR) is 101 cm³/mol. The lowest BCUT2D eigenvalue weighted by molar-refractivity contribution is -0.861. The molecular formula is C23H22NO+. The van der Waals surface area contributed by atoms with Gasteiger partial charge in [-0.2, -0.15) is 0 Å². The molecule has 0 saturated heterocycles. The molecule has 0 amide bonds. The van der Waals surface area contributed by atoms with Crippen LogP contribution in [0, 0.1) is 0 Å². The lowest BCUT2D eigenvalue weighted by Crippen LogP contribution is -3.06. The zero-order chi connectivity index (χ0) is 16.8. The molecule has 0 bridgehead atoms. The highest BCUT2D eigenvalue weighted by Crippen LogP contribution is 2.38. The average Bonchev–Trinajstić information content (AvgIpc) is 3.10. The highest BCUT2D eigenvalue weighted by atomic mass is 16.5. The Morgan fingerprint density at radius 1 is 0.880 bits per heavy atom. The van der Waals surface area contributed by atoms with Crippen molar-refractivity contribution in [1.82, 2.24) is 0 Å². The Balaban J connectivity index is 1.61. The van der Waals surface area contributed by atoms with Crippen LogP contribution < -0.4 is 9.64 Å². The van der Waals surface area contributed by atoms with E-state index in [0.29, 0.717) is 6.04 Å². The van der Waals surface area contributed by atoms with E-state index in [4.69, 9.17) is 4.74 Å². The summed E-state index contributed by atoms with van der Waals surface area (Å²) in [6.45, 7) is 1.16. The van der Waals surface area contributed by atoms with Crippen LogP contribution in [0.5, 0.6) is 5.75 Å². The minimum Gasteiger partial charge on any atom is -0.497 e. The maximum Gasteiger partial charge on any atom is 0.135 e. The highest BCUT2D eigenvalue weighted by Gasteiger charge is 2.36. The molecule has 0 aromatic heterocycles. The minimum atomic E-state index is 0.487. The third-order valence-electron chi connectivity index (χ3n) is 5.81. The average molecular weight is 328 g/mol. The van der Waals surface area contributed by atoms with Crippen molar-refractivity contribution in [3.63, 3.8) is 0 Å². The second-order valence-electron chi connectivity index (χ2n) is 7.05. The van der Waals surface area contributed by atoms with Crippen LogP contribution in [0.4, 0.5) is 5.69 Å². The van der Waals surface area contributed by atoms with E-state index in [1.54, 1.807) is 12.0 Å². The van der Waals surface area contributed by atoms with Gasteiger partial charge in [0, 0.05) is 30.0 Å². The van der Waals surface area contributed by atoms with Crippen LogP contribution in [0.25, 0.3) is 11.1 Å². The Hall–Kier alpha value is -2.58. The van der Waals surface area contributed by atoms with E-state index in [9.17, 15) is 0 Å². The second-order valence-corrected chi connectivity index (χ2v) is 7.05. The zero-order valence-electron chi connectivity index (χ0n) is 14.5. The van der Waals surface area contributed by atoms with E-state index in [0.717, 1.165) is 25.1 Å². The molecule has 2 aliphatic rings. The first-order valence-electron chi connectivity index (χ1n) is 9.05. The maximum atomic E-state index is 5.41. The fraction of sp³-hybridized carbons (Fsp3) is 0.217. The maximum absolute atomic E-state index is 5.41. The summed E-state index contributed by atoms with van der Waals surface area (Å²) in [5.74, 6) is 0.967. The van der Waals surface area contributed by atoms with Crippen LogP contribution in [-0.4, -0.2) is 13.7 Å². The molecule has 0 fully saturated rings. The number of ether oxygens (including phenoxy) is 1. The standard InChI is InChI=1S/C23H21NO/c1-25-18-10-11-22-17(14-18)12-13-24(22)23-15-16-6-2-3-7-19(16)20-8-4-5-9-21(20)23/h2-11,14,23H,12-13,15H2,1H3/p+1. The number of benzene rings is 3. The Morgan fingerprint density at radius 3 is 2.56 bits per heavy atom. The largest absolute Gasteiger partial charge is 0.497 e. The molecule has 25 heavy (non-hydrogen) atoms. The zero-order valence-corrected chi connectivity index (χ0v) is 14.5. The number of hydrogen-bond donors (Lipinski definition) is 1. The molecule has 2 heteroatoms. The van der Waals surface area contributed by atoms with Crippen molar-refractivity contribution in [2.75, 3.05) is 13.7 Å². The van der Waals surface area contributed by atoms with E-state index < -0.39 is 0 Å². The molecule has 2 unspecified atom stereocenters. The van der Waals surface area contributed by atoms with Crippen LogP contribution in [0.3, 0.4) is 0 Å². The van der Waals surface area contributed by atoms with Crippen LogP contribution >= 0.6 is 0 Å². The number of methoxy groups -OCH3 is 1. The molecular weight excluding hydrogens is 306 g/mol. The smallest absolute Gasteiger partial charge is 0.135 e. The summed E-state index contributed by atoms with van der Waals surface area (Å²) in [7, 11) is 1.75. The summed E-state index contributed by atoms with van der Waals surface area (Å²) in [6, 6.07) is 24.9. The van der Waals surface area contributed by atoms with Gasteiger partial charge in [0.2, 0.25) is 0 Å². The topological polar surface area (TPSA) is 13.7 Å². The highest BCUT2D eigenvalue weighted by molar-refractivity contribution is 5.73. The summed E-state index contributed by atoms with van der Waals surface area (Å²) < 4.78 is 5.41. The first kappa shape index (κ1) is 14.7. The number of quaternary nitrogens is 1. The molecule has 5 rings (SSSR count). The minimum absolute atomic E-state index is 0.487. The van der Waals surface area contributed by atoms with Crippen LogP contribution in [-0.2, 0) is 12.8 Å². The van der Waals surface area contributed by atoms with Crippen LogP contribution in [0.15, 0.2) is 66.7 Å². The van der Waals surface area contributed by atoms with Gasteiger partial charge in [0.15, 0.2) is 0 Å². The SMILES string of the molecule is COc1ccc2c(c1)CC[NH+]2C1Cc2ccccc2-c2ccccc21. The summed E-state index contributed by atoms with van der Waals surface area (Å²) in [6.07, 6.45) is 2.23. The molecule has 2 atom stereocenters. The van der Waals surface area contributed by atoms with Crippen molar-refractivity contribution in [1.29, 1.82) is 0 Å². The van der Waals surface area contributed by atoms with Gasteiger partial charge in [0.05, 0.1) is 13.7 Å². The molecule has 1 aliphatic carbocycles. The first-order chi connectivity index (χ1) is 12.3. The number of nitrogens with one attached hydrogen (secondary N) is 1. The molecule has 124 valence electrons. The van der Waals surface area contributed by atoms with E-state index in [1.807, 2.05) is 0 Å². The van der Waals surface area contributed by atoms with Crippen LogP contribution in [0.1, 0.15) is 22.7 Å². The molecule has 3 aromatic carbocycles. The predicted octanol–water partition coefficient (Wildman–Crippen LogP) is 3.73. The van der Waals surface area contributed by atoms with Crippen molar-refractivity contribution < 1.29 is 9.64 Å². The Labute approximate surface area is 148 Å². The summed E-state index contributed by atoms with van der Waals surface area (Å²) in [4.78, 5) is 1.60. The molecule has 0 spiro atoms. The van der Waals surface area contributed by atoms with Crippen molar-refractivity contribution in [3.05, 3.63) is 83.4 Å². The van der Waals surface area contributed by atoms with Gasteiger partial charge in [-0.1, -0.05) is 48.5 Å².